The van der Waals surface area contributed by atoms with Gasteiger partial charge < -0.3 is 9.88 Å². The molecule has 1 rings (SSSR count). The molecule has 1 atom stereocenters. The predicted molar refractivity (Wildman–Crippen MR) is 54.6 cm³/mol. The van der Waals surface area contributed by atoms with E-state index in [0.717, 1.165) is 6.54 Å². The average molecular weight is 181 g/mol. The van der Waals surface area contributed by atoms with E-state index in [2.05, 4.69) is 21.8 Å². The van der Waals surface area contributed by atoms with E-state index < -0.39 is 0 Å². The number of hydrogen-bond acceptors (Lipinski definition) is 2. The molecule has 0 fully saturated rings. The zero-order valence-corrected chi connectivity index (χ0v) is 8.53. The van der Waals surface area contributed by atoms with E-state index in [0.29, 0.717) is 6.04 Å². The summed E-state index contributed by atoms with van der Waals surface area (Å²) in [6.07, 6.45) is 9.39. The second-order valence-corrected chi connectivity index (χ2v) is 3.34. The number of imidazole rings is 1. The minimum absolute atomic E-state index is 0.670. The van der Waals surface area contributed by atoms with Crippen molar-refractivity contribution in [3.8, 4) is 0 Å². The third kappa shape index (κ3) is 3.59. The molecule has 1 aromatic rings. The van der Waals surface area contributed by atoms with Crippen molar-refractivity contribution < 1.29 is 0 Å². The minimum Gasteiger partial charge on any atom is -0.337 e. The van der Waals surface area contributed by atoms with Gasteiger partial charge >= 0.3 is 0 Å². The molecule has 0 aliphatic carbocycles. The van der Waals surface area contributed by atoms with Gasteiger partial charge in [0, 0.05) is 25.0 Å². The molecule has 1 N–H and O–H groups in total. The smallest absolute Gasteiger partial charge is 0.0945 e. The monoisotopic (exact) mass is 181 g/mol. The van der Waals surface area contributed by atoms with Crippen LogP contribution in [0.5, 0.6) is 0 Å². The average Bonchev–Trinajstić information content (AvgIpc) is 2.65. The molecule has 0 aliphatic heterocycles. The summed E-state index contributed by atoms with van der Waals surface area (Å²) in [5, 5.41) is 3.31. The van der Waals surface area contributed by atoms with Crippen LogP contribution in [-0.2, 0) is 6.54 Å². The first-order valence-corrected chi connectivity index (χ1v) is 4.99. The number of nitrogens with zero attached hydrogens (tertiary/aromatic N) is 2. The van der Waals surface area contributed by atoms with Crippen molar-refractivity contribution in [2.75, 3.05) is 7.05 Å². The SMILES string of the molecule is CCC(CCCn1ccnc1)NC. The molecule has 3 heteroatoms. The van der Waals surface area contributed by atoms with E-state index in [1.165, 1.54) is 19.3 Å². The number of nitrogens with one attached hydrogen (secondary N) is 1. The predicted octanol–water partition coefficient (Wildman–Crippen LogP) is 1.66. The quantitative estimate of drug-likeness (QED) is 0.723. The van der Waals surface area contributed by atoms with Crippen LogP contribution in [0.1, 0.15) is 26.2 Å². The van der Waals surface area contributed by atoms with Gasteiger partial charge in [-0.1, -0.05) is 6.92 Å². The normalized spacial score (nSPS) is 13.1. The Bertz CT molecular complexity index is 202. The van der Waals surface area contributed by atoms with Crippen LogP contribution < -0.4 is 5.32 Å². The summed E-state index contributed by atoms with van der Waals surface area (Å²) in [7, 11) is 2.03. The van der Waals surface area contributed by atoms with Crippen LogP contribution in [0.15, 0.2) is 18.7 Å². The summed E-state index contributed by atoms with van der Waals surface area (Å²) < 4.78 is 2.13. The molecule has 0 aliphatic rings. The number of aryl methyl sites for hydroxylation is 1. The Morgan fingerprint density at radius 1 is 1.54 bits per heavy atom. The summed E-state index contributed by atoms with van der Waals surface area (Å²) in [4.78, 5) is 4.01. The number of rotatable bonds is 6. The van der Waals surface area contributed by atoms with Crippen LogP contribution in [0, 0.1) is 0 Å². The van der Waals surface area contributed by atoms with E-state index in [1.54, 1.807) is 0 Å². The summed E-state index contributed by atoms with van der Waals surface area (Å²) in [6.45, 7) is 3.30. The molecule has 1 unspecified atom stereocenters. The van der Waals surface area contributed by atoms with Crippen molar-refractivity contribution in [3.63, 3.8) is 0 Å². The van der Waals surface area contributed by atoms with Crippen LogP contribution in [0.4, 0.5) is 0 Å². The maximum Gasteiger partial charge on any atom is 0.0945 e. The largest absolute Gasteiger partial charge is 0.337 e. The molecule has 0 radical (unpaired) electrons. The highest BCUT2D eigenvalue weighted by molar-refractivity contribution is 4.74. The van der Waals surface area contributed by atoms with Crippen LogP contribution in [-0.4, -0.2) is 22.6 Å². The van der Waals surface area contributed by atoms with Crippen LogP contribution >= 0.6 is 0 Å². The van der Waals surface area contributed by atoms with Gasteiger partial charge in [0.05, 0.1) is 6.33 Å². The molecule has 1 aromatic heterocycles. The molecule has 74 valence electrons. The van der Waals surface area contributed by atoms with Crippen molar-refractivity contribution >= 4 is 0 Å². The van der Waals surface area contributed by atoms with E-state index in [9.17, 15) is 0 Å². The fourth-order valence-electron chi connectivity index (χ4n) is 1.49. The third-order valence-electron chi connectivity index (χ3n) is 2.43. The Morgan fingerprint density at radius 2 is 2.38 bits per heavy atom. The van der Waals surface area contributed by atoms with Gasteiger partial charge in [-0.15, -0.1) is 0 Å². The zero-order chi connectivity index (χ0) is 9.52. The molecule has 0 spiro atoms. The second kappa shape index (κ2) is 5.75. The Morgan fingerprint density at radius 3 is 2.92 bits per heavy atom. The Kier molecular flexibility index (Phi) is 4.54. The lowest BCUT2D eigenvalue weighted by atomic mass is 10.1. The lowest BCUT2D eigenvalue weighted by Crippen LogP contribution is -2.24. The summed E-state index contributed by atoms with van der Waals surface area (Å²) in [5.74, 6) is 0. The highest BCUT2D eigenvalue weighted by atomic mass is 15.0. The fourth-order valence-corrected chi connectivity index (χ4v) is 1.49. The van der Waals surface area contributed by atoms with E-state index >= 15 is 0 Å². The maximum absolute atomic E-state index is 4.01. The van der Waals surface area contributed by atoms with Crippen LogP contribution in [0.25, 0.3) is 0 Å². The molecule has 13 heavy (non-hydrogen) atoms. The van der Waals surface area contributed by atoms with E-state index in [-0.39, 0.29) is 0 Å². The van der Waals surface area contributed by atoms with Crippen molar-refractivity contribution in [1.29, 1.82) is 0 Å². The van der Waals surface area contributed by atoms with Gasteiger partial charge in [0.25, 0.3) is 0 Å². The highest BCUT2D eigenvalue weighted by Crippen LogP contribution is 2.02. The Hall–Kier alpha value is -0.830. The van der Waals surface area contributed by atoms with Crippen LogP contribution in [0.3, 0.4) is 0 Å². The number of aromatic nitrogens is 2. The lowest BCUT2D eigenvalue weighted by molar-refractivity contribution is 0.468. The maximum atomic E-state index is 4.01. The molecular formula is C10H19N3. The number of hydrogen-bond donors (Lipinski definition) is 1. The Labute approximate surface area is 80.2 Å². The molecule has 1 heterocycles. The van der Waals surface area contributed by atoms with Gasteiger partial charge in [0.1, 0.15) is 0 Å². The van der Waals surface area contributed by atoms with Crippen molar-refractivity contribution in [1.82, 2.24) is 14.9 Å². The van der Waals surface area contributed by atoms with Gasteiger partial charge in [-0.3, -0.25) is 0 Å². The Balaban J connectivity index is 2.13. The lowest BCUT2D eigenvalue weighted by Gasteiger charge is -2.13. The van der Waals surface area contributed by atoms with Gasteiger partial charge in [-0.25, -0.2) is 4.98 Å². The molecule has 0 bridgehead atoms. The van der Waals surface area contributed by atoms with Gasteiger partial charge in [0.15, 0.2) is 0 Å². The first-order valence-electron chi connectivity index (χ1n) is 4.99. The van der Waals surface area contributed by atoms with E-state index in [4.69, 9.17) is 0 Å². The fraction of sp³-hybridized carbons (Fsp3) is 0.700. The topological polar surface area (TPSA) is 29.9 Å². The van der Waals surface area contributed by atoms with Crippen molar-refractivity contribution in [3.05, 3.63) is 18.7 Å². The third-order valence-corrected chi connectivity index (χ3v) is 2.43. The first kappa shape index (κ1) is 10.3. The summed E-state index contributed by atoms with van der Waals surface area (Å²) in [6, 6.07) is 0.670. The molecule has 0 saturated heterocycles. The molecule has 3 nitrogen and oxygen atoms in total. The van der Waals surface area contributed by atoms with Crippen molar-refractivity contribution in [2.24, 2.45) is 0 Å². The minimum atomic E-state index is 0.670. The molecule has 0 aromatic carbocycles. The van der Waals surface area contributed by atoms with Gasteiger partial charge in [-0.05, 0) is 26.3 Å². The van der Waals surface area contributed by atoms with Gasteiger partial charge in [0.2, 0.25) is 0 Å². The van der Waals surface area contributed by atoms with E-state index in [1.807, 2.05) is 25.8 Å². The molecule has 0 amide bonds. The standard InChI is InChI=1S/C10H19N3/c1-3-10(11-2)5-4-7-13-8-6-12-9-13/h6,8-11H,3-5,7H2,1-2H3. The van der Waals surface area contributed by atoms with Crippen LogP contribution in [0.2, 0.25) is 0 Å². The van der Waals surface area contributed by atoms with Gasteiger partial charge in [-0.2, -0.15) is 0 Å². The molecule has 0 saturated carbocycles. The molecular weight excluding hydrogens is 162 g/mol. The highest BCUT2D eigenvalue weighted by Gasteiger charge is 2.01. The first-order chi connectivity index (χ1) is 6.36. The zero-order valence-electron chi connectivity index (χ0n) is 8.53. The second-order valence-electron chi connectivity index (χ2n) is 3.34. The summed E-state index contributed by atoms with van der Waals surface area (Å²) >= 11 is 0. The van der Waals surface area contributed by atoms with Crippen molar-refractivity contribution in [2.45, 2.75) is 38.8 Å². The summed E-state index contributed by atoms with van der Waals surface area (Å²) in [5.41, 5.74) is 0.